The molecule has 0 rings (SSSR count). The lowest BCUT2D eigenvalue weighted by Gasteiger charge is -2.26. The van der Waals surface area contributed by atoms with Crippen LogP contribution in [0.3, 0.4) is 0 Å². The van der Waals surface area contributed by atoms with Crippen molar-refractivity contribution in [2.75, 3.05) is 7.11 Å². The van der Waals surface area contributed by atoms with Gasteiger partial charge in [-0.2, -0.15) is 43.3 Å². The van der Waals surface area contributed by atoms with Crippen molar-refractivity contribution < 1.29 is 47.5 Å². The molecule has 0 aromatic heterocycles. The Labute approximate surface area is 84.3 Å². The van der Waals surface area contributed by atoms with E-state index in [0.29, 0.717) is 0 Å². The highest BCUT2D eigenvalue weighted by molar-refractivity contribution is 7.81. The van der Waals surface area contributed by atoms with Crippen LogP contribution < -0.4 is 0 Å². The molecule has 4 nitrogen and oxygen atoms in total. The van der Waals surface area contributed by atoms with E-state index < -0.39 is 28.6 Å². The smallest absolute Gasteiger partial charge is 0.251 e. The summed E-state index contributed by atoms with van der Waals surface area (Å²) in [5.41, 5.74) is 0. The fraction of sp³-hybridized carbons (Fsp3) is 1.00. The van der Waals surface area contributed by atoms with Gasteiger partial charge in [0.05, 0.1) is 7.11 Å². The van der Waals surface area contributed by atoms with Crippen LogP contribution in [0.5, 0.6) is 0 Å². The van der Waals surface area contributed by atoms with Gasteiger partial charge in [0, 0.05) is 0 Å². The summed E-state index contributed by atoms with van der Waals surface area (Å²) in [6.07, 6.45) is -13.0. The monoisotopic (exact) mass is 280 g/mol. The van der Waals surface area contributed by atoms with E-state index in [2.05, 4.69) is 8.37 Å². The topological polar surface area (TPSA) is 52.6 Å². The molecule has 12 heteroatoms. The summed E-state index contributed by atoms with van der Waals surface area (Å²) in [6.45, 7) is 0. The van der Waals surface area contributed by atoms with Crippen LogP contribution >= 0.6 is 0 Å². The molecule has 0 unspecified atom stereocenters. The highest BCUT2D eigenvalue weighted by atomic mass is 32.3. The van der Waals surface area contributed by atoms with Crippen LogP contribution in [0.2, 0.25) is 0 Å². The second-order valence-electron chi connectivity index (χ2n) is 2.25. The summed E-state index contributed by atoms with van der Waals surface area (Å²) < 4.78 is 109. The van der Waals surface area contributed by atoms with E-state index in [1.165, 1.54) is 0 Å². The number of rotatable bonds is 4. The molecule has 0 amide bonds. The standard InChI is InChI=1S/C4H3F7O4S/c1-14-16(12,13)15-4(10,11)2(5,6)3(7,8)9/h1H3. The first-order valence-corrected chi connectivity index (χ1v) is 4.44. The first-order chi connectivity index (χ1) is 6.77. The summed E-state index contributed by atoms with van der Waals surface area (Å²) in [7, 11) is -5.42. The van der Waals surface area contributed by atoms with Crippen LogP contribution in [0.15, 0.2) is 0 Å². The fourth-order valence-corrected chi connectivity index (χ4v) is 0.809. The Morgan fingerprint density at radius 1 is 0.938 bits per heavy atom. The average molecular weight is 280 g/mol. The molecule has 98 valence electrons. The summed E-state index contributed by atoms with van der Waals surface area (Å²) >= 11 is 0. The van der Waals surface area contributed by atoms with Crippen LogP contribution in [0.25, 0.3) is 0 Å². The molecule has 0 aliphatic heterocycles. The SMILES string of the molecule is COS(=O)(=O)OC(F)(F)C(F)(F)C(F)(F)F. The number of hydrogen-bond donors (Lipinski definition) is 0. The minimum absolute atomic E-state index is 0.233. The van der Waals surface area contributed by atoms with E-state index in [0.717, 1.165) is 0 Å². The maximum atomic E-state index is 12.2. The van der Waals surface area contributed by atoms with Crippen molar-refractivity contribution in [3.63, 3.8) is 0 Å². The Morgan fingerprint density at radius 2 is 1.31 bits per heavy atom. The second kappa shape index (κ2) is 4.00. The van der Waals surface area contributed by atoms with E-state index >= 15 is 0 Å². The molecule has 0 fully saturated rings. The summed E-state index contributed by atoms with van der Waals surface area (Å²) in [4.78, 5) is 0. The molecule has 0 aromatic carbocycles. The van der Waals surface area contributed by atoms with Gasteiger partial charge in [0.2, 0.25) is 0 Å². The van der Waals surface area contributed by atoms with Crippen LogP contribution in [0.1, 0.15) is 0 Å². The van der Waals surface area contributed by atoms with Crippen molar-refractivity contribution in [2.24, 2.45) is 0 Å². The van der Waals surface area contributed by atoms with Gasteiger partial charge in [0.1, 0.15) is 0 Å². The van der Waals surface area contributed by atoms with Crippen LogP contribution in [-0.2, 0) is 18.8 Å². The molecule has 0 bridgehead atoms. The van der Waals surface area contributed by atoms with Gasteiger partial charge < -0.3 is 0 Å². The summed E-state index contributed by atoms with van der Waals surface area (Å²) in [5, 5.41) is 0. The van der Waals surface area contributed by atoms with Gasteiger partial charge in [-0.25, -0.2) is 0 Å². The second-order valence-corrected chi connectivity index (χ2v) is 3.56. The lowest BCUT2D eigenvalue weighted by Crippen LogP contribution is -2.54. The van der Waals surface area contributed by atoms with Gasteiger partial charge in [-0.05, 0) is 0 Å². The molecular weight excluding hydrogens is 277 g/mol. The van der Waals surface area contributed by atoms with Crippen molar-refractivity contribution in [3.8, 4) is 0 Å². The van der Waals surface area contributed by atoms with Crippen molar-refractivity contribution >= 4 is 10.4 Å². The van der Waals surface area contributed by atoms with Gasteiger partial charge in [-0.15, -0.1) is 0 Å². The molecule has 0 atom stereocenters. The van der Waals surface area contributed by atoms with Gasteiger partial charge in [0.15, 0.2) is 0 Å². The molecular formula is C4H3F7O4S. The lowest BCUT2D eigenvalue weighted by molar-refractivity contribution is -0.403. The Bertz CT molecular complexity index is 344. The van der Waals surface area contributed by atoms with E-state index in [9.17, 15) is 39.2 Å². The van der Waals surface area contributed by atoms with Crippen molar-refractivity contribution in [2.45, 2.75) is 18.2 Å². The number of alkyl halides is 7. The summed E-state index contributed by atoms with van der Waals surface area (Å²) in [5.74, 6) is -6.68. The third-order valence-corrected chi connectivity index (χ3v) is 1.95. The highest BCUT2D eigenvalue weighted by Crippen LogP contribution is 2.47. The predicted octanol–water partition coefficient (Wildman–Crippen LogP) is 1.68. The Morgan fingerprint density at radius 3 is 1.56 bits per heavy atom. The fourth-order valence-electron chi connectivity index (χ4n) is 0.380. The average Bonchev–Trinajstić information content (AvgIpc) is 2.00. The first-order valence-electron chi connectivity index (χ1n) is 3.10. The first kappa shape index (κ1) is 15.4. The van der Waals surface area contributed by atoms with Crippen LogP contribution in [0.4, 0.5) is 30.7 Å². The summed E-state index contributed by atoms with van der Waals surface area (Å²) in [6, 6.07) is 0. The molecule has 0 aliphatic carbocycles. The van der Waals surface area contributed by atoms with E-state index in [1.807, 2.05) is 0 Å². The number of halogens is 7. The normalized spacial score (nSPS) is 15.2. The molecule has 0 aromatic rings. The van der Waals surface area contributed by atoms with Crippen LogP contribution in [0, 0.1) is 0 Å². The van der Waals surface area contributed by atoms with Crippen molar-refractivity contribution in [1.82, 2.24) is 0 Å². The lowest BCUT2D eigenvalue weighted by atomic mass is 10.3. The molecule has 0 heterocycles. The minimum Gasteiger partial charge on any atom is -0.251 e. The highest BCUT2D eigenvalue weighted by Gasteiger charge is 2.76. The molecule has 0 N–H and O–H groups in total. The number of hydrogen-bond acceptors (Lipinski definition) is 4. The van der Waals surface area contributed by atoms with Gasteiger partial charge in [-0.3, -0.25) is 4.18 Å². The predicted molar refractivity (Wildman–Crippen MR) is 33.0 cm³/mol. The Hall–Kier alpha value is -0.620. The van der Waals surface area contributed by atoms with Crippen molar-refractivity contribution in [1.29, 1.82) is 0 Å². The molecule has 0 spiro atoms. The minimum atomic E-state index is -6.68. The zero-order chi connectivity index (χ0) is 13.4. The van der Waals surface area contributed by atoms with E-state index in [4.69, 9.17) is 0 Å². The van der Waals surface area contributed by atoms with Gasteiger partial charge >= 0.3 is 28.6 Å². The maximum absolute atomic E-state index is 12.2. The Balaban J connectivity index is 5.23. The third-order valence-electron chi connectivity index (χ3n) is 1.13. The van der Waals surface area contributed by atoms with Crippen molar-refractivity contribution in [3.05, 3.63) is 0 Å². The van der Waals surface area contributed by atoms with E-state index in [1.54, 1.807) is 0 Å². The molecule has 0 saturated heterocycles. The zero-order valence-electron chi connectivity index (χ0n) is 7.19. The Kier molecular flexibility index (Phi) is 3.84. The maximum Gasteiger partial charge on any atom is 0.462 e. The molecule has 16 heavy (non-hydrogen) atoms. The van der Waals surface area contributed by atoms with Gasteiger partial charge in [0.25, 0.3) is 0 Å². The van der Waals surface area contributed by atoms with E-state index in [-0.39, 0.29) is 7.11 Å². The zero-order valence-corrected chi connectivity index (χ0v) is 8.00. The molecule has 0 saturated carbocycles. The third kappa shape index (κ3) is 2.95. The van der Waals surface area contributed by atoms with Gasteiger partial charge in [-0.1, -0.05) is 0 Å². The largest absolute Gasteiger partial charge is 0.462 e. The molecule has 0 aliphatic rings. The van der Waals surface area contributed by atoms with Crippen LogP contribution in [-0.4, -0.2) is 33.7 Å². The molecule has 0 radical (unpaired) electrons. The quantitative estimate of drug-likeness (QED) is 0.735.